The number of hydrogen-bond donors (Lipinski definition) is 3. The van der Waals surface area contributed by atoms with Crippen molar-refractivity contribution in [2.45, 2.75) is 18.4 Å². The van der Waals surface area contributed by atoms with Gasteiger partial charge in [-0.25, -0.2) is 0 Å². The summed E-state index contributed by atoms with van der Waals surface area (Å²) in [4.78, 5) is 11.1. The highest BCUT2D eigenvalue weighted by Crippen LogP contribution is 2.39. The van der Waals surface area contributed by atoms with Gasteiger partial charge in [-0.2, -0.15) is 0 Å². The van der Waals surface area contributed by atoms with Gasteiger partial charge < -0.3 is 16.8 Å². The summed E-state index contributed by atoms with van der Waals surface area (Å²) >= 11 is 0. The molecule has 0 bridgehead atoms. The number of benzene rings is 2. The Balaban J connectivity index is 1.74. The average molecular weight is 267 g/mol. The molecule has 2 aromatic carbocycles. The van der Waals surface area contributed by atoms with Crippen molar-refractivity contribution in [3.63, 3.8) is 0 Å². The number of anilines is 2. The van der Waals surface area contributed by atoms with E-state index in [4.69, 9.17) is 11.5 Å². The van der Waals surface area contributed by atoms with Gasteiger partial charge in [0.15, 0.2) is 0 Å². The van der Waals surface area contributed by atoms with Crippen LogP contribution in [0.4, 0.5) is 11.4 Å². The normalized spacial score (nSPS) is 20.4. The van der Waals surface area contributed by atoms with Crippen molar-refractivity contribution in [2.75, 3.05) is 5.32 Å². The van der Waals surface area contributed by atoms with Crippen LogP contribution in [0.5, 0.6) is 0 Å². The second kappa shape index (κ2) is 4.98. The lowest BCUT2D eigenvalue weighted by molar-refractivity contribution is 0.100. The van der Waals surface area contributed by atoms with E-state index in [1.54, 1.807) is 18.2 Å². The Morgan fingerprint density at radius 3 is 2.40 bits per heavy atom. The first-order chi connectivity index (χ1) is 9.63. The Hall–Kier alpha value is -2.33. The van der Waals surface area contributed by atoms with Gasteiger partial charge in [-0.15, -0.1) is 0 Å². The fourth-order valence-electron chi connectivity index (χ4n) is 2.33. The minimum Gasteiger partial charge on any atom is -0.366 e. The molecule has 4 nitrogen and oxygen atoms in total. The van der Waals surface area contributed by atoms with Crippen molar-refractivity contribution in [1.82, 2.24) is 0 Å². The van der Waals surface area contributed by atoms with E-state index in [2.05, 4.69) is 17.4 Å². The first-order valence-electron chi connectivity index (χ1n) is 6.66. The molecule has 20 heavy (non-hydrogen) atoms. The van der Waals surface area contributed by atoms with E-state index < -0.39 is 5.91 Å². The molecule has 102 valence electrons. The molecule has 0 radical (unpaired) electrons. The molecule has 1 saturated carbocycles. The zero-order chi connectivity index (χ0) is 14.1. The van der Waals surface area contributed by atoms with Crippen LogP contribution in [0, 0.1) is 0 Å². The van der Waals surface area contributed by atoms with Crippen LogP contribution in [0.15, 0.2) is 48.5 Å². The second-order valence-electron chi connectivity index (χ2n) is 5.20. The van der Waals surface area contributed by atoms with Gasteiger partial charge in [0.2, 0.25) is 5.91 Å². The highest BCUT2D eigenvalue weighted by atomic mass is 16.1. The summed E-state index contributed by atoms with van der Waals surface area (Å²) in [6.45, 7) is 0. The van der Waals surface area contributed by atoms with Gasteiger partial charge in [-0.1, -0.05) is 18.2 Å². The Morgan fingerprint density at radius 1 is 1.10 bits per heavy atom. The smallest absolute Gasteiger partial charge is 0.248 e. The fraction of sp³-hybridized carbons (Fsp3) is 0.188. The largest absolute Gasteiger partial charge is 0.366 e. The molecule has 4 heteroatoms. The van der Waals surface area contributed by atoms with Crippen LogP contribution in [-0.4, -0.2) is 11.9 Å². The molecule has 1 fully saturated rings. The summed E-state index contributed by atoms with van der Waals surface area (Å²) in [7, 11) is 0. The van der Waals surface area contributed by atoms with Gasteiger partial charge in [0.1, 0.15) is 0 Å². The maximum atomic E-state index is 11.1. The summed E-state index contributed by atoms with van der Waals surface area (Å²) in [5.74, 6) is 0.0916. The maximum absolute atomic E-state index is 11.1. The van der Waals surface area contributed by atoms with Crippen LogP contribution in [0.25, 0.3) is 0 Å². The maximum Gasteiger partial charge on any atom is 0.248 e. The minimum absolute atomic E-state index is 0.320. The van der Waals surface area contributed by atoms with E-state index >= 15 is 0 Å². The van der Waals surface area contributed by atoms with Gasteiger partial charge in [0.25, 0.3) is 0 Å². The minimum atomic E-state index is -0.424. The third-order valence-corrected chi connectivity index (χ3v) is 3.61. The molecule has 1 aliphatic carbocycles. The van der Waals surface area contributed by atoms with Gasteiger partial charge in [0, 0.05) is 28.9 Å². The monoisotopic (exact) mass is 267 g/mol. The lowest BCUT2D eigenvalue weighted by Gasteiger charge is -2.08. The van der Waals surface area contributed by atoms with Crippen molar-refractivity contribution in [3.8, 4) is 0 Å². The van der Waals surface area contributed by atoms with Gasteiger partial charge >= 0.3 is 0 Å². The Morgan fingerprint density at radius 2 is 1.80 bits per heavy atom. The summed E-state index contributed by atoms with van der Waals surface area (Å²) in [6, 6.07) is 15.7. The molecule has 1 aliphatic rings. The van der Waals surface area contributed by atoms with Gasteiger partial charge in [0.05, 0.1) is 0 Å². The first kappa shape index (κ1) is 12.7. The number of carbonyl (C=O) groups excluding carboxylic acids is 1. The first-order valence-corrected chi connectivity index (χ1v) is 6.66. The van der Waals surface area contributed by atoms with Crippen LogP contribution >= 0.6 is 0 Å². The lowest BCUT2D eigenvalue weighted by Crippen LogP contribution is -2.10. The summed E-state index contributed by atoms with van der Waals surface area (Å²) < 4.78 is 0. The third-order valence-electron chi connectivity index (χ3n) is 3.61. The van der Waals surface area contributed by atoms with Crippen molar-refractivity contribution >= 4 is 17.3 Å². The predicted molar refractivity (Wildman–Crippen MR) is 80.0 cm³/mol. The van der Waals surface area contributed by atoms with Crippen molar-refractivity contribution < 1.29 is 4.79 Å². The molecule has 0 heterocycles. The van der Waals surface area contributed by atoms with Crippen molar-refractivity contribution in [1.29, 1.82) is 0 Å². The summed E-state index contributed by atoms with van der Waals surface area (Å²) in [6.07, 6.45) is 1.08. The highest BCUT2D eigenvalue weighted by molar-refractivity contribution is 5.93. The number of amides is 1. The fourth-order valence-corrected chi connectivity index (χ4v) is 2.33. The third kappa shape index (κ3) is 2.65. The molecule has 2 atom stereocenters. The number of hydrogen-bond acceptors (Lipinski definition) is 3. The van der Waals surface area contributed by atoms with E-state index in [0.717, 1.165) is 17.8 Å². The molecule has 0 aliphatic heterocycles. The molecule has 0 unspecified atom stereocenters. The van der Waals surface area contributed by atoms with Crippen LogP contribution in [0.3, 0.4) is 0 Å². The summed E-state index contributed by atoms with van der Waals surface area (Å²) in [5.41, 5.74) is 14.7. The molecule has 0 saturated heterocycles. The molecular weight excluding hydrogens is 250 g/mol. The van der Waals surface area contributed by atoms with E-state index in [9.17, 15) is 4.79 Å². The number of rotatable bonds is 4. The Bertz CT molecular complexity index is 636. The zero-order valence-electron chi connectivity index (χ0n) is 11.0. The molecule has 2 aromatic rings. The van der Waals surface area contributed by atoms with Crippen LogP contribution < -0.4 is 16.8 Å². The van der Waals surface area contributed by atoms with Crippen molar-refractivity contribution in [2.24, 2.45) is 11.5 Å². The number of carbonyl (C=O) groups is 1. The standard InChI is InChI=1S/C16H17N3O/c17-15-9-14(15)10-4-6-12(7-5-10)19-13-3-1-2-11(8-13)16(18)20/h1-8,14-15,19H,9,17H2,(H2,18,20)/t14-,15+/m0/s1. The van der Waals surface area contributed by atoms with Gasteiger partial charge in [-0.3, -0.25) is 4.79 Å². The van der Waals surface area contributed by atoms with E-state index in [0.29, 0.717) is 17.5 Å². The van der Waals surface area contributed by atoms with E-state index in [1.165, 1.54) is 5.56 Å². The summed E-state index contributed by atoms with van der Waals surface area (Å²) in [5, 5.41) is 3.26. The SMILES string of the molecule is NC(=O)c1cccc(Nc2ccc([C@@H]3C[C@H]3N)cc2)c1. The predicted octanol–water partition coefficient (Wildman–Crippen LogP) is 2.34. The quantitative estimate of drug-likeness (QED) is 0.795. The van der Waals surface area contributed by atoms with Crippen LogP contribution in [0.2, 0.25) is 0 Å². The number of primary amides is 1. The Labute approximate surface area is 117 Å². The van der Waals surface area contributed by atoms with Crippen molar-refractivity contribution in [3.05, 3.63) is 59.7 Å². The van der Waals surface area contributed by atoms with Gasteiger partial charge in [-0.05, 0) is 42.3 Å². The number of nitrogens with two attached hydrogens (primary N) is 2. The Kier molecular flexibility index (Phi) is 3.16. The molecule has 0 aromatic heterocycles. The molecule has 1 amide bonds. The topological polar surface area (TPSA) is 81.1 Å². The van der Waals surface area contributed by atoms with Crippen LogP contribution in [0.1, 0.15) is 28.3 Å². The zero-order valence-corrected chi connectivity index (χ0v) is 11.0. The molecular formula is C16H17N3O. The molecule has 0 spiro atoms. The molecule has 5 N–H and O–H groups in total. The van der Waals surface area contributed by atoms with Crippen LogP contribution in [-0.2, 0) is 0 Å². The second-order valence-corrected chi connectivity index (χ2v) is 5.20. The number of nitrogens with one attached hydrogen (secondary N) is 1. The van der Waals surface area contributed by atoms with E-state index in [1.807, 2.05) is 18.2 Å². The lowest BCUT2D eigenvalue weighted by atomic mass is 10.1. The van der Waals surface area contributed by atoms with E-state index in [-0.39, 0.29) is 0 Å². The molecule has 3 rings (SSSR count). The highest BCUT2D eigenvalue weighted by Gasteiger charge is 2.34. The average Bonchev–Trinajstić information content (AvgIpc) is 3.17.